The van der Waals surface area contributed by atoms with Crippen molar-refractivity contribution in [1.82, 2.24) is 9.97 Å². The molecule has 37 heavy (non-hydrogen) atoms. The number of hydrogen-bond donors (Lipinski definition) is 1. The lowest BCUT2D eigenvalue weighted by molar-refractivity contribution is 0.480. The molecule has 179 valence electrons. The molecule has 0 bridgehead atoms. The molecular weight excluding hydrogens is 471 g/mol. The number of para-hydroxylation sites is 2. The Morgan fingerprint density at radius 3 is 1.86 bits per heavy atom. The van der Waals surface area contributed by atoms with Crippen molar-refractivity contribution in [3.05, 3.63) is 127 Å². The molecule has 1 N–H and O–H groups in total. The molecule has 6 aromatic rings. The second-order valence-corrected chi connectivity index (χ2v) is 9.94. The highest BCUT2D eigenvalue weighted by Crippen LogP contribution is 2.24. The minimum atomic E-state index is -0.295. The number of aromatic nitrogens is 2. The van der Waals surface area contributed by atoms with E-state index in [1.807, 2.05) is 62.4 Å². The van der Waals surface area contributed by atoms with Crippen molar-refractivity contribution in [2.75, 3.05) is 0 Å². The number of phenols is 1. The van der Waals surface area contributed by atoms with Gasteiger partial charge >= 0.3 is 15.6 Å². The number of pyridine rings is 2. The maximum absolute atomic E-state index is 9.43. The van der Waals surface area contributed by atoms with Crippen molar-refractivity contribution in [3.63, 3.8) is 0 Å². The van der Waals surface area contributed by atoms with Crippen LogP contribution in [0.1, 0.15) is 11.4 Å². The largest absolute Gasteiger partial charge is 0.643 e. The monoisotopic (exact) mass is 497 g/mol. The van der Waals surface area contributed by atoms with E-state index in [0.29, 0.717) is 5.52 Å². The van der Waals surface area contributed by atoms with E-state index >= 15 is 0 Å². The summed E-state index contributed by atoms with van der Waals surface area (Å²) >= 11 is -0.295. The topological polar surface area (TPSA) is 55.2 Å². The summed E-state index contributed by atoms with van der Waals surface area (Å²) < 4.78 is 7.35. The molecule has 0 saturated heterocycles. The highest BCUT2D eigenvalue weighted by atomic mass is 27.1. The maximum Gasteiger partial charge on any atom is 0.570 e. The summed E-state index contributed by atoms with van der Waals surface area (Å²) in [5, 5.41) is 11.5. The molecule has 1 radical (unpaired) electrons. The number of benzene rings is 4. The van der Waals surface area contributed by atoms with Crippen molar-refractivity contribution < 1.29 is 8.90 Å². The molecule has 2 heterocycles. The molecule has 0 saturated carbocycles. The molecule has 0 aliphatic heterocycles. The molecule has 5 heteroatoms. The average molecular weight is 498 g/mol. The molecule has 0 fully saturated rings. The molecule has 0 atom stereocenters. The Morgan fingerprint density at radius 1 is 0.568 bits per heavy atom. The smallest absolute Gasteiger partial charge is 0.570 e. The van der Waals surface area contributed by atoms with Gasteiger partial charge in [0.1, 0.15) is 22.5 Å². The van der Waals surface area contributed by atoms with E-state index in [9.17, 15) is 5.11 Å². The van der Waals surface area contributed by atoms with Crippen LogP contribution in [0, 0.1) is 13.8 Å². The fraction of sp³-hybridized carbons (Fsp3) is 0.0625. The highest BCUT2D eigenvalue weighted by Gasteiger charge is 2.08. The molecule has 0 unspecified atom stereocenters. The molecule has 4 aromatic carbocycles. The standard InChI is InChI=1S/C12H9.2C10H9NO.Al/c1-3-7-11(8-4-1)12-9-5-2-6-10-12;2*1-7-5-6-8-3-2-4-9(12)10(8)11-7;/h1,3-10H;2*2-6,12H,1H3;/q;;;+1/p-1. The number of phenolic OH excluding ortho intramolecular Hbond substituents is 1. The first kappa shape index (κ1) is 24.5. The zero-order chi connectivity index (χ0) is 25.6. The van der Waals surface area contributed by atoms with Crippen LogP contribution in [-0.4, -0.2) is 30.6 Å². The van der Waals surface area contributed by atoms with Crippen LogP contribution in [0.4, 0.5) is 0 Å². The van der Waals surface area contributed by atoms with Crippen LogP contribution in [0.3, 0.4) is 0 Å². The van der Waals surface area contributed by atoms with Gasteiger partial charge in [-0.05, 0) is 49.2 Å². The highest BCUT2D eigenvalue weighted by molar-refractivity contribution is 6.47. The molecular formula is C32H26AlN2O2. The SMILES string of the molecule is Cc1ccc2cccc(O)c2n1.Cc1ccc2cccc([O][Al][c]3ccc(-c4ccccc4)cc3)c2n1. The summed E-state index contributed by atoms with van der Waals surface area (Å²) in [6, 6.07) is 38.5. The van der Waals surface area contributed by atoms with Crippen LogP contribution in [0.15, 0.2) is 115 Å². The van der Waals surface area contributed by atoms with Gasteiger partial charge in [-0.15, -0.1) is 0 Å². The fourth-order valence-corrected chi connectivity index (χ4v) is 4.86. The summed E-state index contributed by atoms with van der Waals surface area (Å²) in [7, 11) is 0. The Labute approximate surface area is 223 Å². The molecule has 0 aliphatic carbocycles. The summed E-state index contributed by atoms with van der Waals surface area (Å²) in [4.78, 5) is 8.86. The average Bonchev–Trinajstić information content (AvgIpc) is 2.93. The summed E-state index contributed by atoms with van der Waals surface area (Å²) in [6.45, 7) is 3.91. The minimum absolute atomic E-state index is 0.246. The van der Waals surface area contributed by atoms with Crippen molar-refractivity contribution in [2.24, 2.45) is 0 Å². The van der Waals surface area contributed by atoms with Gasteiger partial charge in [-0.25, -0.2) is 9.97 Å². The van der Waals surface area contributed by atoms with E-state index in [1.54, 1.807) is 6.07 Å². The molecule has 0 spiro atoms. The van der Waals surface area contributed by atoms with Gasteiger partial charge in [-0.2, -0.15) is 0 Å². The lowest BCUT2D eigenvalue weighted by Crippen LogP contribution is -2.20. The lowest BCUT2D eigenvalue weighted by Gasteiger charge is -2.10. The van der Waals surface area contributed by atoms with Crippen LogP contribution >= 0.6 is 0 Å². The minimum Gasteiger partial charge on any atom is -0.643 e. The van der Waals surface area contributed by atoms with Crippen molar-refractivity contribution >= 4 is 41.8 Å². The van der Waals surface area contributed by atoms with E-state index in [4.69, 9.17) is 3.79 Å². The second kappa shape index (κ2) is 11.3. The first-order valence-electron chi connectivity index (χ1n) is 12.1. The van der Waals surface area contributed by atoms with Crippen LogP contribution in [0.25, 0.3) is 32.9 Å². The van der Waals surface area contributed by atoms with Crippen LogP contribution < -0.4 is 8.21 Å². The van der Waals surface area contributed by atoms with Crippen LogP contribution in [-0.2, 0) is 0 Å². The van der Waals surface area contributed by atoms with Gasteiger partial charge in [0.15, 0.2) is 0 Å². The third kappa shape index (κ3) is 5.98. The number of rotatable bonds is 4. The van der Waals surface area contributed by atoms with Gasteiger partial charge in [-0.1, -0.05) is 95.4 Å². The Balaban J connectivity index is 0.000000195. The van der Waals surface area contributed by atoms with Gasteiger partial charge in [0, 0.05) is 22.2 Å². The van der Waals surface area contributed by atoms with Crippen molar-refractivity contribution in [3.8, 4) is 22.6 Å². The van der Waals surface area contributed by atoms with Crippen LogP contribution in [0.5, 0.6) is 11.5 Å². The Kier molecular flexibility index (Phi) is 7.47. The fourth-order valence-electron chi connectivity index (χ4n) is 4.06. The van der Waals surface area contributed by atoms with Crippen LogP contribution in [0.2, 0.25) is 0 Å². The van der Waals surface area contributed by atoms with Gasteiger partial charge in [0.05, 0.1) is 0 Å². The van der Waals surface area contributed by atoms with Gasteiger partial charge in [0.2, 0.25) is 0 Å². The maximum atomic E-state index is 9.43. The Bertz CT molecular complexity index is 1650. The van der Waals surface area contributed by atoms with Gasteiger partial charge in [-0.3, -0.25) is 0 Å². The van der Waals surface area contributed by atoms with Crippen molar-refractivity contribution in [2.45, 2.75) is 13.8 Å². The molecule has 4 nitrogen and oxygen atoms in total. The third-order valence-electron chi connectivity index (χ3n) is 6.00. The lowest BCUT2D eigenvalue weighted by atomic mass is 10.1. The molecule has 2 aromatic heterocycles. The predicted molar refractivity (Wildman–Crippen MR) is 153 cm³/mol. The second-order valence-electron chi connectivity index (χ2n) is 8.81. The number of aryl methyl sites for hydroxylation is 2. The van der Waals surface area contributed by atoms with E-state index < -0.39 is 0 Å². The number of aromatic hydroxyl groups is 1. The van der Waals surface area contributed by atoms with Gasteiger partial charge < -0.3 is 8.90 Å². The first-order chi connectivity index (χ1) is 18.1. The Hall–Kier alpha value is -4.17. The summed E-state index contributed by atoms with van der Waals surface area (Å²) in [5.74, 6) is 1.11. The number of hydrogen-bond acceptors (Lipinski definition) is 4. The van der Waals surface area contributed by atoms with Gasteiger partial charge in [0.25, 0.3) is 0 Å². The zero-order valence-corrected chi connectivity index (χ0v) is 22.0. The first-order valence-corrected chi connectivity index (χ1v) is 13.2. The molecule has 0 aliphatic rings. The summed E-state index contributed by atoms with van der Waals surface area (Å²) in [5.41, 5.74) is 6.01. The number of nitrogens with zero attached hydrogens (tertiary/aromatic N) is 2. The molecule has 0 amide bonds. The van der Waals surface area contributed by atoms with Crippen molar-refractivity contribution in [1.29, 1.82) is 0 Å². The third-order valence-corrected chi connectivity index (χ3v) is 7.03. The predicted octanol–water partition coefficient (Wildman–Crippen LogP) is 6.78. The molecule has 6 rings (SSSR count). The Morgan fingerprint density at radius 2 is 1.16 bits per heavy atom. The normalized spacial score (nSPS) is 10.5. The zero-order valence-electron chi connectivity index (χ0n) is 20.8. The quantitative estimate of drug-likeness (QED) is 0.273. The summed E-state index contributed by atoms with van der Waals surface area (Å²) in [6.07, 6.45) is 0. The van der Waals surface area contributed by atoms with E-state index in [-0.39, 0.29) is 21.3 Å². The number of fused-ring (bicyclic) bond motifs is 2. The van der Waals surface area contributed by atoms with E-state index in [0.717, 1.165) is 33.4 Å². The van der Waals surface area contributed by atoms with E-state index in [1.165, 1.54) is 15.6 Å². The van der Waals surface area contributed by atoms with E-state index in [2.05, 4.69) is 70.6 Å².